The Labute approximate surface area is 177 Å². The predicted octanol–water partition coefficient (Wildman–Crippen LogP) is 3.27. The van der Waals surface area contributed by atoms with Gasteiger partial charge < -0.3 is 9.64 Å². The van der Waals surface area contributed by atoms with Crippen LogP contribution >= 0.6 is 11.6 Å². The van der Waals surface area contributed by atoms with Crippen LogP contribution < -0.4 is 4.72 Å². The van der Waals surface area contributed by atoms with Crippen LogP contribution in [0.15, 0.2) is 41.3 Å². The highest BCUT2D eigenvalue weighted by Crippen LogP contribution is 2.30. The van der Waals surface area contributed by atoms with E-state index in [4.69, 9.17) is 16.3 Å². The van der Waals surface area contributed by atoms with Crippen molar-refractivity contribution in [1.29, 1.82) is 0 Å². The van der Waals surface area contributed by atoms with Crippen molar-refractivity contribution >= 4 is 27.5 Å². The molecule has 30 heavy (non-hydrogen) atoms. The van der Waals surface area contributed by atoms with Gasteiger partial charge >= 0.3 is 0 Å². The lowest BCUT2D eigenvalue weighted by molar-refractivity contribution is -0.0231. The second-order valence-electron chi connectivity index (χ2n) is 7.26. The first kappa shape index (κ1) is 21.2. The van der Waals surface area contributed by atoms with Gasteiger partial charge in [-0.25, -0.2) is 21.9 Å². The molecule has 2 aromatic rings. The maximum absolute atomic E-state index is 15.0. The summed E-state index contributed by atoms with van der Waals surface area (Å²) in [5.41, 5.74) is -0.240. The number of morpholine rings is 1. The zero-order valence-corrected chi connectivity index (χ0v) is 17.3. The molecule has 1 saturated carbocycles. The van der Waals surface area contributed by atoms with Crippen LogP contribution in [0.3, 0.4) is 0 Å². The van der Waals surface area contributed by atoms with Gasteiger partial charge in [0.25, 0.3) is 5.91 Å². The normalized spacial score (nSPS) is 19.7. The lowest BCUT2D eigenvalue weighted by atomic mass is 10.1. The van der Waals surface area contributed by atoms with E-state index in [9.17, 15) is 17.6 Å². The Kier molecular flexibility index (Phi) is 5.80. The van der Waals surface area contributed by atoms with Gasteiger partial charge in [0.1, 0.15) is 22.4 Å². The Balaban J connectivity index is 1.62. The number of sulfonamides is 1. The summed E-state index contributed by atoms with van der Waals surface area (Å²) >= 11 is 6.19. The number of rotatable bonds is 5. The van der Waals surface area contributed by atoms with Crippen LogP contribution in [0.2, 0.25) is 5.02 Å². The van der Waals surface area contributed by atoms with E-state index in [0.717, 1.165) is 12.1 Å². The highest BCUT2D eigenvalue weighted by molar-refractivity contribution is 7.89. The number of nitrogens with zero attached hydrogens (tertiary/aromatic N) is 1. The molecule has 160 valence electrons. The lowest BCUT2D eigenvalue weighted by Gasteiger charge is -2.33. The van der Waals surface area contributed by atoms with Crippen molar-refractivity contribution in [2.24, 2.45) is 0 Å². The molecule has 1 amide bonds. The fraction of sp³-hybridized carbons (Fsp3) is 0.350. The first-order chi connectivity index (χ1) is 14.3. The van der Waals surface area contributed by atoms with Crippen molar-refractivity contribution in [2.75, 3.05) is 19.7 Å². The molecule has 0 aromatic heterocycles. The van der Waals surface area contributed by atoms with Crippen molar-refractivity contribution in [3.05, 3.63) is 64.2 Å². The monoisotopic (exact) mass is 456 g/mol. The van der Waals surface area contributed by atoms with Crippen LogP contribution in [-0.2, 0) is 14.8 Å². The van der Waals surface area contributed by atoms with Gasteiger partial charge in [0.05, 0.1) is 13.2 Å². The largest absolute Gasteiger partial charge is 0.370 e. The molecular weight excluding hydrogens is 438 g/mol. The highest BCUT2D eigenvalue weighted by Gasteiger charge is 2.35. The molecule has 0 spiro atoms. The van der Waals surface area contributed by atoms with Gasteiger partial charge in [0.2, 0.25) is 10.0 Å². The minimum atomic E-state index is -4.20. The average molecular weight is 457 g/mol. The molecule has 1 saturated heterocycles. The van der Waals surface area contributed by atoms with E-state index in [2.05, 4.69) is 4.72 Å². The maximum Gasteiger partial charge on any atom is 0.260 e. The van der Waals surface area contributed by atoms with Crippen molar-refractivity contribution in [2.45, 2.75) is 29.9 Å². The Bertz CT molecular complexity index is 1090. The number of ether oxygens (including phenoxy) is 1. The van der Waals surface area contributed by atoms with E-state index >= 15 is 4.39 Å². The molecule has 6 nitrogen and oxygen atoms in total. The van der Waals surface area contributed by atoms with Gasteiger partial charge in [-0.1, -0.05) is 29.8 Å². The summed E-state index contributed by atoms with van der Waals surface area (Å²) in [5, 5.41) is 0.452. The molecular formula is C20H19ClF2N2O4S. The number of carbonyl (C=O) groups is 1. The zero-order chi connectivity index (χ0) is 21.5. The molecule has 1 aliphatic heterocycles. The van der Waals surface area contributed by atoms with Crippen LogP contribution in [0.25, 0.3) is 0 Å². The highest BCUT2D eigenvalue weighted by atomic mass is 35.5. The average Bonchev–Trinajstić information content (AvgIpc) is 3.51. The summed E-state index contributed by atoms with van der Waals surface area (Å²) in [6, 6.07) is 8.33. The Morgan fingerprint density at radius 1 is 1.17 bits per heavy atom. The van der Waals surface area contributed by atoms with Crippen molar-refractivity contribution in [3.63, 3.8) is 0 Å². The van der Waals surface area contributed by atoms with E-state index in [1.54, 1.807) is 24.3 Å². The minimum Gasteiger partial charge on any atom is -0.370 e. The van der Waals surface area contributed by atoms with Crippen LogP contribution in [-0.4, -0.2) is 45.0 Å². The molecule has 2 aliphatic rings. The van der Waals surface area contributed by atoms with Gasteiger partial charge in [0, 0.05) is 23.2 Å². The standard InChI is InChI=1S/C20H19ClF2N2O4S/c21-14-4-2-1-3-13(14)16-11-25(9-10-29-16)20(26)18-15(22)7-8-17(19(18)23)30(27,28)24-12-5-6-12/h1-4,7-8,12,16,24H,5-6,9-11H2. The van der Waals surface area contributed by atoms with Gasteiger partial charge in [-0.2, -0.15) is 0 Å². The Hall–Kier alpha value is -2.07. The molecule has 0 radical (unpaired) electrons. The predicted molar refractivity (Wildman–Crippen MR) is 106 cm³/mol. The molecule has 10 heteroatoms. The third-order valence-corrected chi connectivity index (χ3v) is 6.95. The third kappa shape index (κ3) is 4.20. The van der Waals surface area contributed by atoms with Crippen molar-refractivity contribution in [1.82, 2.24) is 9.62 Å². The molecule has 1 N–H and O–H groups in total. The summed E-state index contributed by atoms with van der Waals surface area (Å²) in [6.07, 6.45) is 0.752. The molecule has 4 rings (SSSR count). The smallest absolute Gasteiger partial charge is 0.260 e. The lowest BCUT2D eigenvalue weighted by Crippen LogP contribution is -2.43. The van der Waals surface area contributed by atoms with Crippen LogP contribution in [0.5, 0.6) is 0 Å². The van der Waals surface area contributed by atoms with Crippen LogP contribution in [0.4, 0.5) is 8.78 Å². The van der Waals surface area contributed by atoms with E-state index in [1.165, 1.54) is 4.90 Å². The Morgan fingerprint density at radius 2 is 1.90 bits per heavy atom. The SMILES string of the molecule is O=C(c1c(F)ccc(S(=O)(=O)NC2CC2)c1F)N1CCOC(c2ccccc2Cl)C1. The second kappa shape index (κ2) is 8.22. The van der Waals surface area contributed by atoms with Crippen molar-refractivity contribution in [3.8, 4) is 0 Å². The van der Waals surface area contributed by atoms with Gasteiger partial charge in [0.15, 0.2) is 5.82 Å². The number of halogens is 3. The number of carbonyl (C=O) groups excluding carboxylic acids is 1. The van der Waals surface area contributed by atoms with E-state index < -0.39 is 44.1 Å². The second-order valence-corrected chi connectivity index (χ2v) is 9.35. The summed E-state index contributed by atoms with van der Waals surface area (Å²) in [6.45, 7) is 0.279. The van der Waals surface area contributed by atoms with Crippen LogP contribution in [0.1, 0.15) is 34.9 Å². The van der Waals surface area contributed by atoms with Gasteiger partial charge in [-0.3, -0.25) is 4.79 Å². The fourth-order valence-corrected chi connectivity index (χ4v) is 4.98. The quantitative estimate of drug-likeness (QED) is 0.749. The number of benzene rings is 2. The summed E-state index contributed by atoms with van der Waals surface area (Å²) < 4.78 is 62.3. The van der Waals surface area contributed by atoms with Gasteiger partial charge in [-0.05, 0) is 31.0 Å². The molecule has 2 aromatic carbocycles. The van der Waals surface area contributed by atoms with E-state index in [-0.39, 0.29) is 25.7 Å². The summed E-state index contributed by atoms with van der Waals surface area (Å²) in [4.78, 5) is 13.5. The zero-order valence-electron chi connectivity index (χ0n) is 15.8. The van der Waals surface area contributed by atoms with Crippen LogP contribution in [0, 0.1) is 11.6 Å². The molecule has 1 heterocycles. The fourth-order valence-electron chi connectivity index (χ4n) is 3.34. The molecule has 1 unspecified atom stereocenters. The molecule has 1 aliphatic carbocycles. The minimum absolute atomic E-state index is 0.0265. The molecule has 1 atom stereocenters. The number of hydrogen-bond donors (Lipinski definition) is 1. The van der Waals surface area contributed by atoms with Crippen molar-refractivity contribution < 1.29 is 26.7 Å². The van der Waals surface area contributed by atoms with E-state index in [1.807, 2.05) is 0 Å². The topological polar surface area (TPSA) is 75.7 Å². The third-order valence-electron chi connectivity index (χ3n) is 5.06. The van der Waals surface area contributed by atoms with E-state index in [0.29, 0.717) is 23.4 Å². The summed E-state index contributed by atoms with van der Waals surface area (Å²) in [5.74, 6) is -3.45. The Morgan fingerprint density at radius 3 is 2.60 bits per heavy atom. The number of hydrogen-bond acceptors (Lipinski definition) is 4. The summed E-state index contributed by atoms with van der Waals surface area (Å²) in [7, 11) is -4.20. The number of nitrogens with one attached hydrogen (secondary N) is 1. The number of amides is 1. The molecule has 0 bridgehead atoms. The molecule has 2 fully saturated rings. The maximum atomic E-state index is 15.0. The first-order valence-corrected chi connectivity index (χ1v) is 11.3. The van der Waals surface area contributed by atoms with Gasteiger partial charge in [-0.15, -0.1) is 0 Å². The first-order valence-electron chi connectivity index (χ1n) is 9.43.